The number of hydrogen-bond donors (Lipinski definition) is 1. The normalized spacial score (nSPS) is 11.2. The molecule has 0 amide bonds. The van der Waals surface area contributed by atoms with E-state index in [0.29, 0.717) is 0 Å². The van der Waals surface area contributed by atoms with Gasteiger partial charge in [0.15, 0.2) is 5.65 Å². The standard InChI is InChI=1S/C20H18N4S/c1-13-16(12-15-8-4-3-5-9-15)20(25)24-19(22-13)18(14(2)23-24)17-10-6-7-11-21-17/h3-11,25H,12H2,1-2H3. The van der Waals surface area contributed by atoms with Crippen LogP contribution in [0.1, 0.15) is 22.5 Å². The maximum atomic E-state index is 4.84. The van der Waals surface area contributed by atoms with Gasteiger partial charge in [-0.25, -0.2) is 9.50 Å². The molecule has 4 rings (SSSR count). The van der Waals surface area contributed by atoms with Gasteiger partial charge in [-0.15, -0.1) is 12.6 Å². The number of benzene rings is 1. The zero-order valence-electron chi connectivity index (χ0n) is 14.1. The van der Waals surface area contributed by atoms with Crippen molar-refractivity contribution in [1.82, 2.24) is 19.6 Å². The highest BCUT2D eigenvalue weighted by Gasteiger charge is 2.19. The van der Waals surface area contributed by atoms with Crippen LogP contribution in [0.4, 0.5) is 0 Å². The molecule has 0 aliphatic rings. The molecule has 0 spiro atoms. The highest BCUT2D eigenvalue weighted by molar-refractivity contribution is 7.80. The van der Waals surface area contributed by atoms with E-state index in [0.717, 1.165) is 45.3 Å². The maximum absolute atomic E-state index is 4.84. The van der Waals surface area contributed by atoms with Gasteiger partial charge in [0.25, 0.3) is 0 Å². The molecule has 0 N–H and O–H groups in total. The van der Waals surface area contributed by atoms with E-state index in [9.17, 15) is 0 Å². The molecule has 25 heavy (non-hydrogen) atoms. The van der Waals surface area contributed by atoms with E-state index in [2.05, 4.69) is 22.2 Å². The lowest BCUT2D eigenvalue weighted by Gasteiger charge is -2.11. The van der Waals surface area contributed by atoms with E-state index in [1.165, 1.54) is 5.56 Å². The average Bonchev–Trinajstić information content (AvgIpc) is 2.96. The number of aryl methyl sites for hydroxylation is 2. The van der Waals surface area contributed by atoms with Crippen molar-refractivity contribution in [3.63, 3.8) is 0 Å². The first-order chi connectivity index (χ1) is 12.1. The average molecular weight is 346 g/mol. The summed E-state index contributed by atoms with van der Waals surface area (Å²) in [6.45, 7) is 4.01. The maximum Gasteiger partial charge on any atom is 0.166 e. The first kappa shape index (κ1) is 15.8. The van der Waals surface area contributed by atoms with Crippen LogP contribution in [0.15, 0.2) is 59.8 Å². The monoisotopic (exact) mass is 346 g/mol. The van der Waals surface area contributed by atoms with Crippen LogP contribution in [0, 0.1) is 13.8 Å². The Bertz CT molecular complexity index is 1040. The fourth-order valence-corrected chi connectivity index (χ4v) is 3.48. The summed E-state index contributed by atoms with van der Waals surface area (Å²) >= 11 is 4.78. The number of rotatable bonds is 3. The van der Waals surface area contributed by atoms with Crippen molar-refractivity contribution in [2.24, 2.45) is 0 Å². The van der Waals surface area contributed by atoms with E-state index >= 15 is 0 Å². The van der Waals surface area contributed by atoms with Crippen LogP contribution in [0.2, 0.25) is 0 Å². The summed E-state index contributed by atoms with van der Waals surface area (Å²) in [6.07, 6.45) is 2.57. The Morgan fingerprint density at radius 2 is 1.72 bits per heavy atom. The highest BCUT2D eigenvalue weighted by Crippen LogP contribution is 2.29. The lowest BCUT2D eigenvalue weighted by molar-refractivity contribution is 0.795. The highest BCUT2D eigenvalue weighted by atomic mass is 32.1. The summed E-state index contributed by atoms with van der Waals surface area (Å²) in [5, 5.41) is 5.50. The van der Waals surface area contributed by atoms with Gasteiger partial charge >= 0.3 is 0 Å². The fraction of sp³-hybridized carbons (Fsp3) is 0.150. The third kappa shape index (κ3) is 2.81. The lowest BCUT2D eigenvalue weighted by Crippen LogP contribution is -2.04. The molecule has 5 heteroatoms. The number of thiol groups is 1. The summed E-state index contributed by atoms with van der Waals surface area (Å²) in [7, 11) is 0. The van der Waals surface area contributed by atoms with Crippen LogP contribution in [0.25, 0.3) is 16.9 Å². The number of pyridine rings is 1. The van der Waals surface area contributed by atoms with Crippen LogP contribution in [-0.4, -0.2) is 19.6 Å². The minimum absolute atomic E-state index is 0.784. The Balaban J connectivity index is 1.90. The second kappa shape index (κ2) is 6.33. The summed E-state index contributed by atoms with van der Waals surface area (Å²) in [6, 6.07) is 16.2. The Kier molecular flexibility index (Phi) is 4.01. The van der Waals surface area contributed by atoms with E-state index in [4.69, 9.17) is 17.6 Å². The van der Waals surface area contributed by atoms with Crippen LogP contribution < -0.4 is 0 Å². The fourth-order valence-electron chi connectivity index (χ4n) is 3.10. The van der Waals surface area contributed by atoms with Gasteiger partial charge in [0.2, 0.25) is 0 Å². The summed E-state index contributed by atoms with van der Waals surface area (Å²) in [4.78, 5) is 9.30. The van der Waals surface area contributed by atoms with Crippen molar-refractivity contribution in [2.45, 2.75) is 25.3 Å². The minimum atomic E-state index is 0.784. The SMILES string of the molecule is Cc1nc2c(-c3ccccn3)c(C)nn2c(S)c1Cc1ccccc1. The minimum Gasteiger partial charge on any atom is -0.256 e. The predicted octanol–water partition coefficient (Wildman–Crippen LogP) is 4.29. The van der Waals surface area contributed by atoms with Crippen LogP contribution in [-0.2, 0) is 6.42 Å². The van der Waals surface area contributed by atoms with Gasteiger partial charge in [0.05, 0.1) is 17.0 Å². The Morgan fingerprint density at radius 3 is 2.44 bits per heavy atom. The van der Waals surface area contributed by atoms with Gasteiger partial charge in [0, 0.05) is 23.9 Å². The molecule has 4 aromatic rings. The van der Waals surface area contributed by atoms with Crippen molar-refractivity contribution < 1.29 is 0 Å². The molecule has 3 heterocycles. The Morgan fingerprint density at radius 1 is 0.960 bits per heavy atom. The van der Waals surface area contributed by atoms with Gasteiger partial charge in [-0.2, -0.15) is 5.10 Å². The molecule has 4 nitrogen and oxygen atoms in total. The third-order valence-corrected chi connectivity index (χ3v) is 4.82. The molecule has 0 saturated carbocycles. The summed E-state index contributed by atoms with van der Waals surface area (Å²) in [5.41, 5.74) is 6.84. The third-order valence-electron chi connectivity index (χ3n) is 4.36. The molecule has 3 aromatic heterocycles. The second-order valence-electron chi connectivity index (χ2n) is 6.07. The molecular weight excluding hydrogens is 328 g/mol. The van der Waals surface area contributed by atoms with Gasteiger partial charge in [0.1, 0.15) is 5.03 Å². The van der Waals surface area contributed by atoms with Gasteiger partial charge in [-0.05, 0) is 31.5 Å². The first-order valence-corrected chi connectivity index (χ1v) is 8.63. The van der Waals surface area contributed by atoms with E-state index in [1.807, 2.05) is 54.8 Å². The molecule has 0 saturated heterocycles. The summed E-state index contributed by atoms with van der Waals surface area (Å²) in [5.74, 6) is 0. The molecular formula is C20H18N4S. The largest absolute Gasteiger partial charge is 0.256 e. The molecule has 0 aliphatic heterocycles. The number of aromatic nitrogens is 4. The van der Waals surface area contributed by atoms with Gasteiger partial charge < -0.3 is 0 Å². The molecule has 0 unspecified atom stereocenters. The van der Waals surface area contributed by atoms with E-state index in [1.54, 1.807) is 6.20 Å². The second-order valence-corrected chi connectivity index (χ2v) is 6.50. The van der Waals surface area contributed by atoms with Crippen molar-refractivity contribution in [3.05, 3.63) is 77.2 Å². The van der Waals surface area contributed by atoms with Crippen molar-refractivity contribution in [2.75, 3.05) is 0 Å². The van der Waals surface area contributed by atoms with Crippen LogP contribution >= 0.6 is 12.6 Å². The van der Waals surface area contributed by atoms with Gasteiger partial charge in [-0.1, -0.05) is 36.4 Å². The van der Waals surface area contributed by atoms with Crippen LogP contribution in [0.5, 0.6) is 0 Å². The zero-order chi connectivity index (χ0) is 17.4. The van der Waals surface area contributed by atoms with E-state index < -0.39 is 0 Å². The van der Waals surface area contributed by atoms with Crippen LogP contribution in [0.3, 0.4) is 0 Å². The molecule has 1 aromatic carbocycles. The molecule has 124 valence electrons. The lowest BCUT2D eigenvalue weighted by atomic mass is 10.1. The number of hydrogen-bond acceptors (Lipinski definition) is 4. The smallest absolute Gasteiger partial charge is 0.166 e. The predicted molar refractivity (Wildman–Crippen MR) is 102 cm³/mol. The zero-order valence-corrected chi connectivity index (χ0v) is 15.0. The van der Waals surface area contributed by atoms with Crippen molar-refractivity contribution >= 4 is 18.3 Å². The Hall–Kier alpha value is -2.66. The van der Waals surface area contributed by atoms with Gasteiger partial charge in [-0.3, -0.25) is 4.98 Å². The molecule has 0 atom stereocenters. The number of fused-ring (bicyclic) bond motifs is 1. The molecule has 0 bridgehead atoms. The van der Waals surface area contributed by atoms with Crippen molar-refractivity contribution in [3.8, 4) is 11.3 Å². The topological polar surface area (TPSA) is 43.1 Å². The Labute approximate surface area is 152 Å². The molecule has 0 fully saturated rings. The molecule has 0 aliphatic carbocycles. The summed E-state index contributed by atoms with van der Waals surface area (Å²) < 4.78 is 1.83. The number of nitrogens with zero attached hydrogens (tertiary/aromatic N) is 4. The molecule has 0 radical (unpaired) electrons. The quantitative estimate of drug-likeness (QED) is 0.444. The first-order valence-electron chi connectivity index (χ1n) is 8.18. The van der Waals surface area contributed by atoms with E-state index in [-0.39, 0.29) is 0 Å². The van der Waals surface area contributed by atoms with Crippen molar-refractivity contribution in [1.29, 1.82) is 0 Å².